The van der Waals surface area contributed by atoms with Gasteiger partial charge in [0.05, 0.1) is 6.61 Å². The summed E-state index contributed by atoms with van der Waals surface area (Å²) in [6.07, 6.45) is 2.37. The van der Waals surface area contributed by atoms with E-state index < -0.39 is 0 Å². The molecule has 1 aliphatic carbocycles. The van der Waals surface area contributed by atoms with Crippen LogP contribution in [-0.4, -0.2) is 74.2 Å². The van der Waals surface area contributed by atoms with Crippen molar-refractivity contribution in [2.24, 2.45) is 5.92 Å². The van der Waals surface area contributed by atoms with E-state index in [1.807, 2.05) is 6.92 Å². The number of rotatable bonds is 7. The topological polar surface area (TPSA) is 44.8 Å². The summed E-state index contributed by atoms with van der Waals surface area (Å²) in [5, 5.41) is 3.43. The van der Waals surface area contributed by atoms with Gasteiger partial charge in [-0.3, -0.25) is 9.69 Å². The molecule has 2 fully saturated rings. The first kappa shape index (κ1) is 15.7. The van der Waals surface area contributed by atoms with Gasteiger partial charge in [0.1, 0.15) is 6.04 Å². The van der Waals surface area contributed by atoms with Gasteiger partial charge in [-0.15, -0.1) is 0 Å². The van der Waals surface area contributed by atoms with Crippen molar-refractivity contribution in [1.82, 2.24) is 15.1 Å². The molecule has 20 heavy (non-hydrogen) atoms. The highest BCUT2D eigenvalue weighted by molar-refractivity contribution is 5.76. The maximum atomic E-state index is 12.1. The number of nitrogens with one attached hydrogen (secondary N) is 1. The molecular formula is C15H29N3O2. The zero-order chi connectivity index (χ0) is 14.7. The second kappa shape index (κ2) is 6.87. The molecule has 0 aromatic carbocycles. The number of likely N-dealkylation sites (N-methyl/N-ethyl adjacent to an activating group) is 1. The minimum absolute atomic E-state index is 0.0969. The number of hydrogen-bond donors (Lipinski definition) is 1. The molecule has 0 aromatic heterocycles. The highest BCUT2D eigenvalue weighted by Crippen LogP contribution is 2.22. The first-order valence-corrected chi connectivity index (χ1v) is 7.82. The lowest BCUT2D eigenvalue weighted by Crippen LogP contribution is -2.47. The van der Waals surface area contributed by atoms with Gasteiger partial charge in [0.25, 0.3) is 0 Å². The molecular weight excluding hydrogens is 254 g/mol. The van der Waals surface area contributed by atoms with Crippen LogP contribution in [0.2, 0.25) is 0 Å². The summed E-state index contributed by atoms with van der Waals surface area (Å²) in [4.78, 5) is 16.8. The second-order valence-corrected chi connectivity index (χ2v) is 6.47. The van der Waals surface area contributed by atoms with Crippen molar-refractivity contribution in [3.63, 3.8) is 0 Å². The highest BCUT2D eigenvalue weighted by atomic mass is 16.5. The van der Waals surface area contributed by atoms with E-state index in [0.29, 0.717) is 24.6 Å². The van der Waals surface area contributed by atoms with Gasteiger partial charge in [0.2, 0.25) is 0 Å². The number of nitrogens with zero attached hydrogens (tertiary/aromatic N) is 2. The van der Waals surface area contributed by atoms with E-state index in [0.717, 1.165) is 19.6 Å². The Kier molecular flexibility index (Phi) is 5.41. The molecule has 2 aliphatic rings. The van der Waals surface area contributed by atoms with Gasteiger partial charge in [0, 0.05) is 31.7 Å². The number of hydrogen-bond acceptors (Lipinski definition) is 5. The lowest BCUT2D eigenvalue weighted by Gasteiger charge is -2.25. The molecule has 1 N–H and O–H groups in total. The molecule has 5 heteroatoms. The predicted octanol–water partition coefficient (Wildman–Crippen LogP) is 0.552. The lowest BCUT2D eigenvalue weighted by atomic mass is 10.1. The van der Waals surface area contributed by atoms with Crippen LogP contribution in [0.15, 0.2) is 0 Å². The van der Waals surface area contributed by atoms with E-state index in [1.165, 1.54) is 12.8 Å². The Balaban J connectivity index is 1.88. The average Bonchev–Trinajstić information content (AvgIpc) is 3.11. The SMILES string of the molecule is CCOC(=O)C(CN1CC(C)C(N(C)C)C1)NC1CC1. The first-order valence-electron chi connectivity index (χ1n) is 7.82. The zero-order valence-electron chi connectivity index (χ0n) is 13.3. The van der Waals surface area contributed by atoms with Gasteiger partial charge in [-0.1, -0.05) is 6.92 Å². The molecule has 1 aliphatic heterocycles. The van der Waals surface area contributed by atoms with Crippen molar-refractivity contribution >= 4 is 5.97 Å². The molecule has 0 spiro atoms. The summed E-state index contributed by atoms with van der Waals surface area (Å²) >= 11 is 0. The number of likely N-dealkylation sites (tertiary alicyclic amines) is 1. The van der Waals surface area contributed by atoms with Crippen LogP contribution in [-0.2, 0) is 9.53 Å². The van der Waals surface area contributed by atoms with Crippen LogP contribution in [0.25, 0.3) is 0 Å². The smallest absolute Gasteiger partial charge is 0.324 e. The third kappa shape index (κ3) is 4.17. The van der Waals surface area contributed by atoms with Crippen LogP contribution in [0.3, 0.4) is 0 Å². The fraction of sp³-hybridized carbons (Fsp3) is 0.933. The van der Waals surface area contributed by atoms with Gasteiger partial charge in [-0.05, 0) is 39.8 Å². The summed E-state index contributed by atoms with van der Waals surface area (Å²) in [6.45, 7) is 7.48. The summed E-state index contributed by atoms with van der Waals surface area (Å²) in [7, 11) is 4.27. The van der Waals surface area contributed by atoms with Crippen LogP contribution in [0.5, 0.6) is 0 Å². The Hall–Kier alpha value is -0.650. The molecule has 5 nitrogen and oxygen atoms in total. The molecule has 0 aromatic rings. The van der Waals surface area contributed by atoms with Crippen LogP contribution >= 0.6 is 0 Å². The third-order valence-corrected chi connectivity index (χ3v) is 4.34. The number of ether oxygens (including phenoxy) is 1. The van der Waals surface area contributed by atoms with Gasteiger partial charge in [0.15, 0.2) is 0 Å². The highest BCUT2D eigenvalue weighted by Gasteiger charge is 2.35. The first-order chi connectivity index (χ1) is 9.51. The quantitative estimate of drug-likeness (QED) is 0.692. The summed E-state index contributed by atoms with van der Waals surface area (Å²) < 4.78 is 5.21. The van der Waals surface area contributed by atoms with E-state index in [4.69, 9.17) is 4.74 Å². The normalized spacial score (nSPS) is 28.9. The van der Waals surface area contributed by atoms with Crippen molar-refractivity contribution in [3.8, 4) is 0 Å². The van der Waals surface area contributed by atoms with Crippen molar-refractivity contribution in [1.29, 1.82) is 0 Å². The van der Waals surface area contributed by atoms with E-state index in [-0.39, 0.29) is 12.0 Å². The molecule has 0 radical (unpaired) electrons. The van der Waals surface area contributed by atoms with Crippen LogP contribution < -0.4 is 5.32 Å². The van der Waals surface area contributed by atoms with Crippen LogP contribution in [0.4, 0.5) is 0 Å². The van der Waals surface area contributed by atoms with Crippen molar-refractivity contribution < 1.29 is 9.53 Å². The number of carbonyl (C=O) groups is 1. The van der Waals surface area contributed by atoms with Crippen molar-refractivity contribution in [3.05, 3.63) is 0 Å². The Bertz CT molecular complexity index is 331. The molecule has 0 amide bonds. The standard InChI is InChI=1S/C15H29N3O2/c1-5-20-15(19)13(16-12-6-7-12)9-18-8-11(2)14(10-18)17(3)4/h11-14,16H,5-10H2,1-4H3. The van der Waals surface area contributed by atoms with E-state index in [1.54, 1.807) is 0 Å². The molecule has 3 unspecified atom stereocenters. The number of esters is 1. The largest absolute Gasteiger partial charge is 0.465 e. The molecule has 116 valence electrons. The Morgan fingerprint density at radius 1 is 1.40 bits per heavy atom. The zero-order valence-corrected chi connectivity index (χ0v) is 13.3. The predicted molar refractivity (Wildman–Crippen MR) is 79.7 cm³/mol. The number of carbonyl (C=O) groups excluding carboxylic acids is 1. The van der Waals surface area contributed by atoms with Gasteiger partial charge in [-0.2, -0.15) is 0 Å². The average molecular weight is 283 g/mol. The van der Waals surface area contributed by atoms with Crippen LogP contribution in [0, 0.1) is 5.92 Å². The Labute approximate surface area is 122 Å². The van der Waals surface area contributed by atoms with Gasteiger partial charge in [-0.25, -0.2) is 0 Å². The molecule has 1 saturated carbocycles. The molecule has 2 rings (SSSR count). The molecule has 1 saturated heterocycles. The maximum Gasteiger partial charge on any atom is 0.324 e. The lowest BCUT2D eigenvalue weighted by molar-refractivity contribution is -0.146. The second-order valence-electron chi connectivity index (χ2n) is 6.47. The minimum Gasteiger partial charge on any atom is -0.465 e. The Morgan fingerprint density at radius 2 is 2.10 bits per heavy atom. The molecule has 3 atom stereocenters. The molecule has 0 bridgehead atoms. The van der Waals surface area contributed by atoms with Gasteiger partial charge >= 0.3 is 5.97 Å². The fourth-order valence-corrected chi connectivity index (χ4v) is 3.10. The van der Waals surface area contributed by atoms with Crippen molar-refractivity contribution in [2.45, 2.75) is 44.8 Å². The van der Waals surface area contributed by atoms with Gasteiger partial charge < -0.3 is 15.0 Å². The third-order valence-electron chi connectivity index (χ3n) is 4.34. The van der Waals surface area contributed by atoms with Crippen LogP contribution in [0.1, 0.15) is 26.7 Å². The van der Waals surface area contributed by atoms with E-state index in [2.05, 4.69) is 36.1 Å². The fourth-order valence-electron chi connectivity index (χ4n) is 3.10. The molecule has 1 heterocycles. The monoisotopic (exact) mass is 283 g/mol. The minimum atomic E-state index is -0.171. The maximum absolute atomic E-state index is 12.1. The Morgan fingerprint density at radius 3 is 2.60 bits per heavy atom. The van der Waals surface area contributed by atoms with E-state index in [9.17, 15) is 4.79 Å². The summed E-state index contributed by atoms with van der Waals surface area (Å²) in [5.41, 5.74) is 0. The van der Waals surface area contributed by atoms with E-state index >= 15 is 0 Å². The summed E-state index contributed by atoms with van der Waals surface area (Å²) in [5.74, 6) is 0.550. The summed E-state index contributed by atoms with van der Waals surface area (Å²) in [6, 6.07) is 0.934. The van der Waals surface area contributed by atoms with Crippen molar-refractivity contribution in [2.75, 3.05) is 40.3 Å².